The number of rotatable bonds is 5. The van der Waals surface area contributed by atoms with Gasteiger partial charge in [-0.15, -0.1) is 0 Å². The molecule has 6 heteroatoms. The van der Waals surface area contributed by atoms with Crippen LogP contribution in [0.3, 0.4) is 0 Å². The van der Waals surface area contributed by atoms with Crippen molar-refractivity contribution in [1.82, 2.24) is 20.0 Å². The Balaban J connectivity index is 1.51. The SMILES string of the molecule is Cc1nn(C)c(C)c1[C@H]1[C@H](NCc2ccc(C3CC3C)o2)CC(=O)N1C. The minimum absolute atomic E-state index is 0.00841. The lowest BCUT2D eigenvalue weighted by atomic mass is 9.98. The molecule has 2 aliphatic rings. The van der Waals surface area contributed by atoms with Crippen LogP contribution in [0.4, 0.5) is 0 Å². The van der Waals surface area contributed by atoms with E-state index in [4.69, 9.17) is 4.42 Å². The Kier molecular flexibility index (Phi) is 4.18. The number of likely N-dealkylation sites (tertiary alicyclic amines) is 1. The summed E-state index contributed by atoms with van der Waals surface area (Å²) in [6.07, 6.45) is 1.73. The summed E-state index contributed by atoms with van der Waals surface area (Å²) in [4.78, 5) is 14.2. The van der Waals surface area contributed by atoms with E-state index in [0.717, 1.165) is 34.4 Å². The standard InChI is InChI=1S/C20H28N4O2/c1-11-8-15(11)17-7-6-14(26-17)10-21-16-9-18(25)23(4)20(16)19-12(2)22-24(5)13(19)3/h6-7,11,15-16,20-21H,8-10H2,1-5H3/t11?,15?,16-,20-/m1/s1. The number of likely N-dealkylation sites (N-methyl/N-ethyl adjacent to an activating group) is 1. The molecule has 1 N–H and O–H groups in total. The molecule has 1 saturated carbocycles. The fourth-order valence-electron chi connectivity index (χ4n) is 4.30. The van der Waals surface area contributed by atoms with Gasteiger partial charge in [0.05, 0.1) is 18.3 Å². The molecule has 4 atom stereocenters. The average molecular weight is 356 g/mol. The van der Waals surface area contributed by atoms with Gasteiger partial charge in [-0.1, -0.05) is 6.92 Å². The minimum Gasteiger partial charge on any atom is -0.464 e. The van der Waals surface area contributed by atoms with Gasteiger partial charge in [-0.2, -0.15) is 5.10 Å². The topological polar surface area (TPSA) is 63.3 Å². The summed E-state index contributed by atoms with van der Waals surface area (Å²) in [6, 6.07) is 4.23. The second-order valence-electron chi connectivity index (χ2n) is 7.97. The van der Waals surface area contributed by atoms with Gasteiger partial charge >= 0.3 is 0 Å². The lowest BCUT2D eigenvalue weighted by Gasteiger charge is -2.26. The van der Waals surface area contributed by atoms with Crippen molar-refractivity contribution in [3.8, 4) is 0 Å². The van der Waals surface area contributed by atoms with Crippen LogP contribution in [-0.2, 0) is 18.4 Å². The third-order valence-corrected chi connectivity index (χ3v) is 6.14. The number of aromatic nitrogens is 2. The fraction of sp³-hybridized carbons (Fsp3) is 0.600. The van der Waals surface area contributed by atoms with Gasteiger partial charge in [-0.25, -0.2) is 0 Å². The van der Waals surface area contributed by atoms with Crippen molar-refractivity contribution in [2.24, 2.45) is 13.0 Å². The van der Waals surface area contributed by atoms with E-state index in [0.29, 0.717) is 18.9 Å². The molecule has 1 amide bonds. The van der Waals surface area contributed by atoms with Crippen molar-refractivity contribution in [1.29, 1.82) is 0 Å². The van der Waals surface area contributed by atoms with Crippen LogP contribution in [0.25, 0.3) is 0 Å². The molecule has 0 radical (unpaired) electrons. The normalized spacial score (nSPS) is 28.2. The zero-order valence-corrected chi connectivity index (χ0v) is 16.2. The fourth-order valence-corrected chi connectivity index (χ4v) is 4.30. The van der Waals surface area contributed by atoms with Crippen LogP contribution < -0.4 is 5.32 Å². The number of aryl methyl sites for hydroxylation is 2. The predicted octanol–water partition coefficient (Wildman–Crippen LogP) is 2.81. The summed E-state index contributed by atoms with van der Waals surface area (Å²) in [5.74, 6) is 3.55. The maximum atomic E-state index is 12.4. The van der Waals surface area contributed by atoms with Crippen molar-refractivity contribution in [2.45, 2.75) is 58.2 Å². The Hall–Kier alpha value is -2.08. The van der Waals surface area contributed by atoms with Gasteiger partial charge in [0.15, 0.2) is 0 Å². The maximum Gasteiger partial charge on any atom is 0.224 e. The molecule has 0 aromatic carbocycles. The van der Waals surface area contributed by atoms with Gasteiger partial charge in [-0.05, 0) is 38.3 Å². The van der Waals surface area contributed by atoms with Crippen molar-refractivity contribution >= 4 is 5.91 Å². The minimum atomic E-state index is 0.00841. The van der Waals surface area contributed by atoms with Crippen LogP contribution in [0.2, 0.25) is 0 Å². The van der Waals surface area contributed by atoms with E-state index in [-0.39, 0.29) is 18.0 Å². The molecule has 3 heterocycles. The Labute approximate surface area is 154 Å². The predicted molar refractivity (Wildman–Crippen MR) is 98.7 cm³/mol. The molecule has 2 aromatic heterocycles. The van der Waals surface area contributed by atoms with Crippen LogP contribution >= 0.6 is 0 Å². The molecule has 0 bridgehead atoms. The Morgan fingerprint density at radius 3 is 2.65 bits per heavy atom. The lowest BCUT2D eigenvalue weighted by Crippen LogP contribution is -2.35. The monoisotopic (exact) mass is 356 g/mol. The molecule has 4 rings (SSSR count). The van der Waals surface area contributed by atoms with Gasteiger partial charge in [0.2, 0.25) is 5.91 Å². The number of nitrogens with zero attached hydrogens (tertiary/aromatic N) is 3. The molecule has 1 aliphatic heterocycles. The first-order valence-corrected chi connectivity index (χ1v) is 9.44. The van der Waals surface area contributed by atoms with Crippen LogP contribution in [0.15, 0.2) is 16.5 Å². The Bertz CT molecular complexity index is 837. The van der Waals surface area contributed by atoms with Crippen LogP contribution in [0, 0.1) is 19.8 Å². The van der Waals surface area contributed by atoms with E-state index in [1.54, 1.807) is 0 Å². The second-order valence-corrected chi connectivity index (χ2v) is 7.97. The highest BCUT2D eigenvalue weighted by Crippen LogP contribution is 2.47. The van der Waals surface area contributed by atoms with Gasteiger partial charge < -0.3 is 14.6 Å². The first kappa shape index (κ1) is 17.3. The zero-order chi connectivity index (χ0) is 18.6. The van der Waals surface area contributed by atoms with Gasteiger partial charge in [0.1, 0.15) is 11.5 Å². The first-order chi connectivity index (χ1) is 12.4. The highest BCUT2D eigenvalue weighted by molar-refractivity contribution is 5.80. The molecular formula is C20H28N4O2. The van der Waals surface area contributed by atoms with E-state index in [1.165, 1.54) is 6.42 Å². The van der Waals surface area contributed by atoms with Gasteiger partial charge in [0, 0.05) is 43.7 Å². The summed E-state index contributed by atoms with van der Waals surface area (Å²) in [7, 11) is 3.84. The Morgan fingerprint density at radius 1 is 1.31 bits per heavy atom. The van der Waals surface area contributed by atoms with E-state index < -0.39 is 0 Å². The zero-order valence-electron chi connectivity index (χ0n) is 16.2. The van der Waals surface area contributed by atoms with E-state index in [1.807, 2.05) is 30.6 Å². The summed E-state index contributed by atoms with van der Waals surface area (Å²) in [5, 5.41) is 8.10. The lowest BCUT2D eigenvalue weighted by molar-refractivity contribution is -0.127. The van der Waals surface area contributed by atoms with Crippen LogP contribution in [0.5, 0.6) is 0 Å². The third-order valence-electron chi connectivity index (χ3n) is 6.14. The molecule has 1 saturated heterocycles. The number of amides is 1. The molecular weight excluding hydrogens is 328 g/mol. The van der Waals surface area contributed by atoms with Crippen LogP contribution in [-0.4, -0.2) is 33.7 Å². The van der Waals surface area contributed by atoms with E-state index >= 15 is 0 Å². The molecule has 0 spiro atoms. The summed E-state index contributed by atoms with van der Waals surface area (Å²) < 4.78 is 7.90. The van der Waals surface area contributed by atoms with Gasteiger partial charge in [-0.3, -0.25) is 9.48 Å². The van der Waals surface area contributed by atoms with Crippen molar-refractivity contribution < 1.29 is 9.21 Å². The number of hydrogen-bond donors (Lipinski definition) is 1. The quantitative estimate of drug-likeness (QED) is 0.895. The maximum absolute atomic E-state index is 12.4. The average Bonchev–Trinajstić information content (AvgIpc) is 2.92. The number of nitrogens with one attached hydrogen (secondary N) is 1. The number of hydrogen-bond acceptors (Lipinski definition) is 4. The van der Waals surface area contributed by atoms with Crippen molar-refractivity contribution in [3.05, 3.63) is 40.6 Å². The highest BCUT2D eigenvalue weighted by Gasteiger charge is 2.41. The molecule has 140 valence electrons. The molecule has 1 aliphatic carbocycles. The van der Waals surface area contributed by atoms with E-state index in [9.17, 15) is 4.79 Å². The smallest absolute Gasteiger partial charge is 0.224 e. The van der Waals surface area contributed by atoms with Gasteiger partial charge in [0.25, 0.3) is 0 Å². The van der Waals surface area contributed by atoms with Crippen LogP contribution in [0.1, 0.15) is 60.2 Å². The number of carbonyl (C=O) groups is 1. The highest BCUT2D eigenvalue weighted by atomic mass is 16.3. The van der Waals surface area contributed by atoms with Crippen molar-refractivity contribution in [3.63, 3.8) is 0 Å². The third kappa shape index (κ3) is 2.86. The summed E-state index contributed by atoms with van der Waals surface area (Å²) >= 11 is 0. The number of furan rings is 1. The Morgan fingerprint density at radius 2 is 2.04 bits per heavy atom. The molecule has 2 fully saturated rings. The molecule has 26 heavy (non-hydrogen) atoms. The second kappa shape index (κ2) is 6.27. The molecule has 6 nitrogen and oxygen atoms in total. The summed E-state index contributed by atoms with van der Waals surface area (Å²) in [5.41, 5.74) is 3.26. The molecule has 2 unspecified atom stereocenters. The van der Waals surface area contributed by atoms with E-state index in [2.05, 4.69) is 36.4 Å². The van der Waals surface area contributed by atoms with Crippen molar-refractivity contribution in [2.75, 3.05) is 7.05 Å². The largest absolute Gasteiger partial charge is 0.464 e. The number of carbonyl (C=O) groups excluding carboxylic acids is 1. The molecule has 2 aromatic rings. The first-order valence-electron chi connectivity index (χ1n) is 9.44. The summed E-state index contributed by atoms with van der Waals surface area (Å²) in [6.45, 7) is 6.99.